The average Bonchev–Trinajstić information content (AvgIpc) is 3.07. The number of carbonyl (C=O) groups is 1. The van der Waals surface area contributed by atoms with Crippen molar-refractivity contribution in [1.29, 1.82) is 0 Å². The first-order chi connectivity index (χ1) is 9.09. The molecule has 3 fully saturated rings. The molecule has 2 saturated carbocycles. The highest BCUT2D eigenvalue weighted by molar-refractivity contribution is 5.85. The molecule has 1 amide bonds. The smallest absolute Gasteiger partial charge is 0.227 e. The van der Waals surface area contributed by atoms with Crippen LogP contribution < -0.4 is 10.6 Å². The van der Waals surface area contributed by atoms with Gasteiger partial charge in [0, 0.05) is 13.1 Å². The number of carbonyl (C=O) groups excluding carboxylic acids is 1. The van der Waals surface area contributed by atoms with Gasteiger partial charge >= 0.3 is 0 Å². The fraction of sp³-hybridized carbons (Fsp3) is 0.938. The van der Waals surface area contributed by atoms with E-state index in [1.165, 1.54) is 32.1 Å². The third kappa shape index (κ3) is 2.59. The van der Waals surface area contributed by atoms with Gasteiger partial charge in [-0.25, -0.2) is 0 Å². The molecular formula is C16H29ClN2O. The molecule has 1 saturated heterocycles. The quantitative estimate of drug-likeness (QED) is 0.838. The summed E-state index contributed by atoms with van der Waals surface area (Å²) in [6.07, 6.45) is 7.43. The molecule has 4 heteroatoms. The molecule has 116 valence electrons. The highest BCUT2D eigenvalue weighted by Crippen LogP contribution is 2.51. The summed E-state index contributed by atoms with van der Waals surface area (Å²) in [5, 5.41) is 6.78. The number of hydrogen-bond donors (Lipinski definition) is 2. The molecule has 3 nitrogen and oxygen atoms in total. The fourth-order valence-electron chi connectivity index (χ4n) is 4.24. The van der Waals surface area contributed by atoms with E-state index in [-0.39, 0.29) is 17.8 Å². The standard InChI is InChI=1S/C16H28N2O.ClH/c1-12(2)15(7-8-15)10-18-14(19)16-6-4-3-5-13(16)9-17-11-16;/h12-13,17H,3-11H2,1-2H3,(H,18,19);1H/t13-,16+;/m0./s1. The zero-order chi connectivity index (χ0) is 13.5. The van der Waals surface area contributed by atoms with Gasteiger partial charge in [-0.05, 0) is 49.5 Å². The summed E-state index contributed by atoms with van der Waals surface area (Å²) in [7, 11) is 0. The summed E-state index contributed by atoms with van der Waals surface area (Å²) in [6.45, 7) is 7.43. The van der Waals surface area contributed by atoms with E-state index in [0.717, 1.165) is 26.1 Å². The van der Waals surface area contributed by atoms with E-state index in [2.05, 4.69) is 24.5 Å². The van der Waals surface area contributed by atoms with Gasteiger partial charge in [0.1, 0.15) is 0 Å². The molecule has 0 aromatic rings. The third-order valence-electron chi connectivity index (χ3n) is 6.21. The van der Waals surface area contributed by atoms with Gasteiger partial charge in [0.05, 0.1) is 5.41 Å². The van der Waals surface area contributed by atoms with Crippen LogP contribution in [0.1, 0.15) is 52.4 Å². The van der Waals surface area contributed by atoms with Gasteiger partial charge in [-0.15, -0.1) is 12.4 Å². The third-order valence-corrected chi connectivity index (χ3v) is 6.21. The van der Waals surface area contributed by atoms with Crippen LogP contribution in [0.4, 0.5) is 0 Å². The summed E-state index contributed by atoms with van der Waals surface area (Å²) in [5.41, 5.74) is 0.341. The summed E-state index contributed by atoms with van der Waals surface area (Å²) >= 11 is 0. The number of nitrogens with one attached hydrogen (secondary N) is 2. The molecular weight excluding hydrogens is 272 g/mol. The van der Waals surface area contributed by atoms with Crippen LogP contribution in [0, 0.1) is 22.7 Å². The monoisotopic (exact) mass is 300 g/mol. The van der Waals surface area contributed by atoms with Gasteiger partial charge in [-0.3, -0.25) is 4.79 Å². The average molecular weight is 301 g/mol. The number of fused-ring (bicyclic) bond motifs is 1. The van der Waals surface area contributed by atoms with Crippen molar-refractivity contribution in [2.75, 3.05) is 19.6 Å². The topological polar surface area (TPSA) is 41.1 Å². The molecule has 0 radical (unpaired) electrons. The first-order valence-electron chi connectivity index (χ1n) is 8.08. The van der Waals surface area contributed by atoms with Gasteiger partial charge in [-0.1, -0.05) is 26.7 Å². The maximum Gasteiger partial charge on any atom is 0.227 e. The van der Waals surface area contributed by atoms with E-state index in [1.54, 1.807) is 0 Å². The molecule has 2 aliphatic carbocycles. The minimum atomic E-state index is -0.0781. The van der Waals surface area contributed by atoms with Crippen molar-refractivity contribution in [3.05, 3.63) is 0 Å². The Bertz CT molecular complexity index is 367. The van der Waals surface area contributed by atoms with Crippen molar-refractivity contribution in [3.8, 4) is 0 Å². The summed E-state index contributed by atoms with van der Waals surface area (Å²) in [4.78, 5) is 12.7. The van der Waals surface area contributed by atoms with Crippen molar-refractivity contribution >= 4 is 18.3 Å². The highest BCUT2D eigenvalue weighted by Gasteiger charge is 2.51. The van der Waals surface area contributed by atoms with Crippen molar-refractivity contribution in [2.45, 2.75) is 52.4 Å². The zero-order valence-electron chi connectivity index (χ0n) is 12.8. The molecule has 0 bridgehead atoms. The lowest BCUT2D eigenvalue weighted by molar-refractivity contribution is -0.134. The van der Waals surface area contributed by atoms with Crippen molar-refractivity contribution < 1.29 is 4.79 Å². The van der Waals surface area contributed by atoms with Crippen molar-refractivity contribution in [1.82, 2.24) is 10.6 Å². The molecule has 1 aliphatic heterocycles. The highest BCUT2D eigenvalue weighted by atomic mass is 35.5. The minimum Gasteiger partial charge on any atom is -0.355 e. The van der Waals surface area contributed by atoms with E-state index < -0.39 is 0 Å². The van der Waals surface area contributed by atoms with Crippen LogP contribution in [0.2, 0.25) is 0 Å². The Morgan fingerprint density at radius 2 is 2.05 bits per heavy atom. The van der Waals surface area contributed by atoms with Crippen LogP contribution >= 0.6 is 12.4 Å². The first-order valence-corrected chi connectivity index (χ1v) is 8.08. The van der Waals surface area contributed by atoms with Crippen LogP contribution in [0.15, 0.2) is 0 Å². The van der Waals surface area contributed by atoms with Gasteiger partial charge in [0.15, 0.2) is 0 Å². The SMILES string of the molecule is CC(C)C1(CNC(=O)[C@@]23CCCC[C@H]2CNC3)CC1.Cl. The Morgan fingerprint density at radius 1 is 1.30 bits per heavy atom. The normalized spacial score (nSPS) is 34.2. The Labute approximate surface area is 129 Å². The van der Waals surface area contributed by atoms with Crippen LogP contribution in [-0.2, 0) is 4.79 Å². The van der Waals surface area contributed by atoms with Crippen molar-refractivity contribution in [2.24, 2.45) is 22.7 Å². The number of rotatable bonds is 4. The summed E-state index contributed by atoms with van der Waals surface area (Å²) in [6, 6.07) is 0. The molecule has 0 aromatic heterocycles. The molecule has 1 heterocycles. The number of amides is 1. The zero-order valence-corrected chi connectivity index (χ0v) is 13.7. The molecule has 0 unspecified atom stereocenters. The Hall–Kier alpha value is -0.280. The van der Waals surface area contributed by atoms with Crippen LogP contribution in [0.5, 0.6) is 0 Å². The predicted molar refractivity (Wildman–Crippen MR) is 84.0 cm³/mol. The van der Waals surface area contributed by atoms with Crippen LogP contribution in [-0.4, -0.2) is 25.5 Å². The van der Waals surface area contributed by atoms with E-state index in [1.807, 2.05) is 0 Å². The maximum absolute atomic E-state index is 12.7. The second-order valence-corrected chi connectivity index (χ2v) is 7.43. The summed E-state index contributed by atoms with van der Waals surface area (Å²) < 4.78 is 0. The minimum absolute atomic E-state index is 0. The van der Waals surface area contributed by atoms with E-state index in [0.29, 0.717) is 23.2 Å². The molecule has 0 spiro atoms. The maximum atomic E-state index is 12.7. The molecule has 20 heavy (non-hydrogen) atoms. The molecule has 2 atom stereocenters. The molecule has 3 rings (SSSR count). The Balaban J connectivity index is 0.00000147. The fourth-order valence-corrected chi connectivity index (χ4v) is 4.24. The van der Waals surface area contributed by atoms with Crippen LogP contribution in [0.3, 0.4) is 0 Å². The van der Waals surface area contributed by atoms with Crippen molar-refractivity contribution in [3.63, 3.8) is 0 Å². The van der Waals surface area contributed by atoms with E-state index in [9.17, 15) is 4.79 Å². The second-order valence-electron chi connectivity index (χ2n) is 7.43. The van der Waals surface area contributed by atoms with Gasteiger partial charge in [0.2, 0.25) is 5.91 Å². The lowest BCUT2D eigenvalue weighted by atomic mass is 9.67. The summed E-state index contributed by atoms with van der Waals surface area (Å²) in [5.74, 6) is 1.61. The second kappa shape index (κ2) is 5.84. The number of hydrogen-bond acceptors (Lipinski definition) is 2. The largest absolute Gasteiger partial charge is 0.355 e. The van der Waals surface area contributed by atoms with E-state index >= 15 is 0 Å². The Morgan fingerprint density at radius 3 is 2.70 bits per heavy atom. The molecule has 3 aliphatic rings. The lowest BCUT2D eigenvalue weighted by Gasteiger charge is -2.37. The molecule has 0 aromatic carbocycles. The number of halogens is 1. The van der Waals surface area contributed by atoms with E-state index in [4.69, 9.17) is 0 Å². The Kier molecular flexibility index (Phi) is 4.70. The lowest BCUT2D eigenvalue weighted by Crippen LogP contribution is -2.49. The molecule has 2 N–H and O–H groups in total. The van der Waals surface area contributed by atoms with Gasteiger partial charge < -0.3 is 10.6 Å². The van der Waals surface area contributed by atoms with Gasteiger partial charge in [0.25, 0.3) is 0 Å². The van der Waals surface area contributed by atoms with Gasteiger partial charge in [-0.2, -0.15) is 0 Å². The van der Waals surface area contributed by atoms with Crippen LogP contribution in [0.25, 0.3) is 0 Å². The predicted octanol–water partition coefficient (Wildman–Crippen LogP) is 2.74. The first kappa shape index (κ1) is 16.1.